The summed E-state index contributed by atoms with van der Waals surface area (Å²) in [5.74, 6) is 1.03. The molecule has 0 spiro atoms. The first-order valence-corrected chi connectivity index (χ1v) is 7.29. The van der Waals surface area contributed by atoms with Gasteiger partial charge in [0.25, 0.3) is 0 Å². The van der Waals surface area contributed by atoms with Gasteiger partial charge < -0.3 is 5.11 Å². The summed E-state index contributed by atoms with van der Waals surface area (Å²) >= 11 is 6.37. The molecule has 2 rings (SSSR count). The molecule has 0 bridgehead atoms. The van der Waals surface area contributed by atoms with Crippen molar-refractivity contribution in [3.05, 3.63) is 16.4 Å². The Kier molecular flexibility index (Phi) is 4.33. The molecule has 1 aromatic rings. The molecule has 1 N–H and O–H groups in total. The number of aryl methyl sites for hydroxylation is 2. The zero-order chi connectivity index (χ0) is 13.3. The smallest absolute Gasteiger partial charge is 0.0849 e. The molecule has 3 atom stereocenters. The van der Waals surface area contributed by atoms with E-state index in [1.807, 2.05) is 11.7 Å². The van der Waals surface area contributed by atoms with E-state index in [4.69, 9.17) is 11.6 Å². The zero-order valence-electron chi connectivity index (χ0n) is 11.5. The average Bonchev–Trinajstić information content (AvgIpc) is 2.61. The molecule has 0 amide bonds. The summed E-state index contributed by atoms with van der Waals surface area (Å²) in [6, 6.07) is 0. The van der Waals surface area contributed by atoms with E-state index in [9.17, 15) is 5.11 Å². The van der Waals surface area contributed by atoms with Crippen LogP contribution in [0.5, 0.6) is 0 Å². The largest absolute Gasteiger partial charge is 0.393 e. The maximum absolute atomic E-state index is 10.1. The molecule has 4 heteroatoms. The number of aromatic nitrogens is 2. The summed E-state index contributed by atoms with van der Waals surface area (Å²) in [4.78, 5) is 0. The van der Waals surface area contributed by atoms with Crippen LogP contribution in [0.4, 0.5) is 0 Å². The summed E-state index contributed by atoms with van der Waals surface area (Å²) in [5, 5.41) is 15.4. The van der Waals surface area contributed by atoms with E-state index >= 15 is 0 Å². The van der Waals surface area contributed by atoms with Gasteiger partial charge in [0.1, 0.15) is 0 Å². The molecule has 1 fully saturated rings. The van der Waals surface area contributed by atoms with E-state index in [0.29, 0.717) is 11.8 Å². The van der Waals surface area contributed by atoms with Gasteiger partial charge in [0.05, 0.1) is 22.5 Å². The second-order valence-electron chi connectivity index (χ2n) is 5.63. The Labute approximate surface area is 114 Å². The van der Waals surface area contributed by atoms with Gasteiger partial charge in [-0.2, -0.15) is 5.10 Å². The Morgan fingerprint density at radius 1 is 1.44 bits per heavy atom. The molecule has 1 aromatic heterocycles. The van der Waals surface area contributed by atoms with Crippen molar-refractivity contribution in [2.24, 2.45) is 18.9 Å². The van der Waals surface area contributed by atoms with Gasteiger partial charge in [0.2, 0.25) is 0 Å². The Morgan fingerprint density at radius 2 is 2.17 bits per heavy atom. The van der Waals surface area contributed by atoms with Crippen LogP contribution in [0, 0.1) is 11.8 Å². The van der Waals surface area contributed by atoms with E-state index in [2.05, 4.69) is 18.9 Å². The average molecular weight is 271 g/mol. The summed E-state index contributed by atoms with van der Waals surface area (Å²) in [5.41, 5.74) is 2.04. The molecule has 0 saturated heterocycles. The number of nitrogens with zero attached hydrogens (tertiary/aromatic N) is 2. The van der Waals surface area contributed by atoms with E-state index in [1.165, 1.54) is 0 Å². The molecule has 0 radical (unpaired) electrons. The minimum Gasteiger partial charge on any atom is -0.393 e. The van der Waals surface area contributed by atoms with Crippen LogP contribution in [0.3, 0.4) is 0 Å². The van der Waals surface area contributed by atoms with E-state index in [-0.39, 0.29) is 6.10 Å². The topological polar surface area (TPSA) is 38.0 Å². The highest BCUT2D eigenvalue weighted by Crippen LogP contribution is 2.33. The van der Waals surface area contributed by atoms with Crippen molar-refractivity contribution < 1.29 is 5.11 Å². The van der Waals surface area contributed by atoms with Crippen LogP contribution in [0.25, 0.3) is 0 Å². The summed E-state index contributed by atoms with van der Waals surface area (Å²) in [6.45, 7) is 4.33. The third kappa shape index (κ3) is 2.72. The number of hydrogen-bond acceptors (Lipinski definition) is 2. The SMILES string of the molecule is CCc1nn(C)c(CC2CC(C)CCC2O)c1Cl. The maximum atomic E-state index is 10.1. The first-order chi connectivity index (χ1) is 8.52. The van der Waals surface area contributed by atoms with Crippen molar-refractivity contribution in [2.45, 2.75) is 52.1 Å². The lowest BCUT2D eigenvalue weighted by atomic mass is 9.78. The van der Waals surface area contributed by atoms with Crippen molar-refractivity contribution in [3.8, 4) is 0 Å². The Hall–Kier alpha value is -0.540. The molecular weight excluding hydrogens is 248 g/mol. The highest BCUT2D eigenvalue weighted by atomic mass is 35.5. The monoisotopic (exact) mass is 270 g/mol. The predicted octanol–water partition coefficient (Wildman–Crippen LogP) is 2.98. The van der Waals surface area contributed by atoms with Crippen molar-refractivity contribution >= 4 is 11.6 Å². The Morgan fingerprint density at radius 3 is 2.78 bits per heavy atom. The highest BCUT2D eigenvalue weighted by Gasteiger charge is 2.29. The number of aliphatic hydroxyl groups excluding tert-OH is 1. The number of rotatable bonds is 3. The minimum atomic E-state index is -0.183. The predicted molar refractivity (Wildman–Crippen MR) is 73.8 cm³/mol. The van der Waals surface area contributed by atoms with Gasteiger partial charge in [0, 0.05) is 7.05 Å². The highest BCUT2D eigenvalue weighted by molar-refractivity contribution is 6.31. The van der Waals surface area contributed by atoms with Crippen LogP contribution in [0.2, 0.25) is 5.02 Å². The molecule has 0 aliphatic heterocycles. The lowest BCUT2D eigenvalue weighted by Crippen LogP contribution is -2.30. The summed E-state index contributed by atoms with van der Waals surface area (Å²) in [7, 11) is 1.94. The molecular formula is C14H23ClN2O. The first-order valence-electron chi connectivity index (χ1n) is 6.91. The van der Waals surface area contributed by atoms with Crippen molar-refractivity contribution in [2.75, 3.05) is 0 Å². The lowest BCUT2D eigenvalue weighted by Gasteiger charge is -2.31. The molecule has 1 aliphatic rings. The first kappa shape index (κ1) is 13.9. The Balaban J connectivity index is 2.15. The molecule has 18 heavy (non-hydrogen) atoms. The molecule has 1 heterocycles. The molecule has 3 nitrogen and oxygen atoms in total. The van der Waals surface area contributed by atoms with Crippen LogP contribution in [0.15, 0.2) is 0 Å². The molecule has 102 valence electrons. The number of halogens is 1. The van der Waals surface area contributed by atoms with Crippen molar-refractivity contribution in [1.82, 2.24) is 9.78 Å². The quantitative estimate of drug-likeness (QED) is 0.917. The van der Waals surface area contributed by atoms with Gasteiger partial charge in [0.15, 0.2) is 0 Å². The second kappa shape index (κ2) is 5.62. The fraction of sp³-hybridized carbons (Fsp3) is 0.786. The summed E-state index contributed by atoms with van der Waals surface area (Å²) < 4.78 is 1.88. The lowest BCUT2D eigenvalue weighted by molar-refractivity contribution is 0.0511. The van der Waals surface area contributed by atoms with Gasteiger partial charge in [-0.05, 0) is 43.9 Å². The standard InChI is InChI=1S/C14H23ClN2O/c1-4-11-14(15)12(17(3)16-11)8-10-7-9(2)5-6-13(10)18/h9-10,13,18H,4-8H2,1-3H3. The van der Waals surface area contributed by atoms with Gasteiger partial charge in [-0.25, -0.2) is 0 Å². The van der Waals surface area contributed by atoms with Crippen LogP contribution < -0.4 is 0 Å². The fourth-order valence-electron chi connectivity index (χ4n) is 2.99. The van der Waals surface area contributed by atoms with Crippen LogP contribution in [-0.2, 0) is 19.9 Å². The summed E-state index contributed by atoms with van der Waals surface area (Å²) in [6.07, 6.45) is 4.66. The third-order valence-electron chi connectivity index (χ3n) is 4.16. The maximum Gasteiger partial charge on any atom is 0.0849 e. The molecule has 1 saturated carbocycles. The van der Waals surface area contributed by atoms with E-state index in [0.717, 1.165) is 48.5 Å². The minimum absolute atomic E-state index is 0.183. The van der Waals surface area contributed by atoms with E-state index < -0.39 is 0 Å². The fourth-order valence-corrected chi connectivity index (χ4v) is 3.36. The molecule has 0 aromatic carbocycles. The van der Waals surface area contributed by atoms with Gasteiger partial charge >= 0.3 is 0 Å². The number of hydrogen-bond donors (Lipinski definition) is 1. The molecule has 3 unspecified atom stereocenters. The van der Waals surface area contributed by atoms with Crippen molar-refractivity contribution in [1.29, 1.82) is 0 Å². The van der Waals surface area contributed by atoms with Gasteiger partial charge in [-0.1, -0.05) is 25.4 Å². The van der Waals surface area contributed by atoms with Crippen LogP contribution >= 0.6 is 11.6 Å². The van der Waals surface area contributed by atoms with Crippen LogP contribution in [-0.4, -0.2) is 21.0 Å². The molecule has 1 aliphatic carbocycles. The van der Waals surface area contributed by atoms with Gasteiger partial charge in [-0.3, -0.25) is 4.68 Å². The van der Waals surface area contributed by atoms with E-state index in [1.54, 1.807) is 0 Å². The van der Waals surface area contributed by atoms with Crippen molar-refractivity contribution in [3.63, 3.8) is 0 Å². The second-order valence-corrected chi connectivity index (χ2v) is 6.01. The van der Waals surface area contributed by atoms with Crippen LogP contribution in [0.1, 0.15) is 44.5 Å². The van der Waals surface area contributed by atoms with Gasteiger partial charge in [-0.15, -0.1) is 0 Å². The Bertz CT molecular complexity index is 416. The zero-order valence-corrected chi connectivity index (χ0v) is 12.2. The number of aliphatic hydroxyl groups is 1. The normalized spacial score (nSPS) is 28.6. The third-order valence-corrected chi connectivity index (χ3v) is 4.60.